The molecule has 7 heteroatoms. The Morgan fingerprint density at radius 2 is 1.52 bits per heavy atom. The van der Waals surface area contributed by atoms with Gasteiger partial charge >= 0.3 is 0 Å². The smallest absolute Gasteiger partial charge is 0.276 e. The molecule has 0 unspecified atom stereocenters. The molecule has 27 heavy (non-hydrogen) atoms. The molecule has 3 aromatic rings. The topological polar surface area (TPSA) is 96.0 Å². The molecule has 0 aliphatic heterocycles. The molecule has 0 radical (unpaired) electrons. The van der Waals surface area contributed by atoms with Gasteiger partial charge in [-0.2, -0.15) is 0 Å². The second-order valence-electron chi connectivity index (χ2n) is 6.01. The van der Waals surface area contributed by atoms with E-state index in [1.54, 1.807) is 36.4 Å². The van der Waals surface area contributed by atoms with Gasteiger partial charge < -0.3 is 16.0 Å². The van der Waals surface area contributed by atoms with Gasteiger partial charge in [0.05, 0.1) is 0 Å². The van der Waals surface area contributed by atoms with Gasteiger partial charge in [-0.1, -0.05) is 23.8 Å². The van der Waals surface area contributed by atoms with Crippen LogP contribution >= 0.6 is 0 Å². The molecule has 3 N–H and O–H groups in total. The third kappa shape index (κ3) is 5.12. The Balaban J connectivity index is 1.65. The van der Waals surface area contributed by atoms with E-state index in [9.17, 15) is 9.59 Å². The Bertz CT molecular complexity index is 953. The summed E-state index contributed by atoms with van der Waals surface area (Å²) in [7, 11) is 0. The maximum absolute atomic E-state index is 12.3. The monoisotopic (exact) mass is 361 g/mol. The van der Waals surface area contributed by atoms with E-state index in [0.717, 1.165) is 5.69 Å². The van der Waals surface area contributed by atoms with Crippen LogP contribution in [0.15, 0.2) is 60.7 Å². The number of aryl methyl sites for hydroxylation is 1. The quantitative estimate of drug-likeness (QED) is 0.643. The minimum atomic E-state index is -0.385. The van der Waals surface area contributed by atoms with Gasteiger partial charge in [0.15, 0.2) is 11.5 Å². The SMILES string of the molecule is CC(=O)Nc1cccc(NC(=O)c2ccc(Nc3ccc(C)cc3)nn2)c1. The predicted molar refractivity (Wildman–Crippen MR) is 105 cm³/mol. The molecule has 0 aliphatic rings. The highest BCUT2D eigenvalue weighted by atomic mass is 16.2. The summed E-state index contributed by atoms with van der Waals surface area (Å²) >= 11 is 0. The Labute approximate surface area is 156 Å². The number of amides is 2. The molecule has 0 spiro atoms. The number of anilines is 4. The highest BCUT2D eigenvalue weighted by Gasteiger charge is 2.09. The molecule has 2 aromatic carbocycles. The Hall–Kier alpha value is -3.74. The van der Waals surface area contributed by atoms with Crippen LogP contribution in [0.3, 0.4) is 0 Å². The van der Waals surface area contributed by atoms with Crippen LogP contribution in [-0.4, -0.2) is 22.0 Å². The van der Waals surface area contributed by atoms with Crippen molar-refractivity contribution in [3.8, 4) is 0 Å². The van der Waals surface area contributed by atoms with Crippen molar-refractivity contribution in [1.29, 1.82) is 0 Å². The minimum Gasteiger partial charge on any atom is -0.339 e. The van der Waals surface area contributed by atoms with E-state index < -0.39 is 0 Å². The summed E-state index contributed by atoms with van der Waals surface area (Å²) in [6, 6.07) is 18.0. The number of carbonyl (C=O) groups excluding carboxylic acids is 2. The lowest BCUT2D eigenvalue weighted by molar-refractivity contribution is -0.114. The number of hydrogen-bond acceptors (Lipinski definition) is 5. The number of nitrogens with zero attached hydrogens (tertiary/aromatic N) is 2. The molecular formula is C20H19N5O2. The van der Waals surface area contributed by atoms with Gasteiger partial charge in [0, 0.05) is 24.0 Å². The standard InChI is InChI=1S/C20H19N5O2/c1-13-6-8-15(9-7-13)22-19-11-10-18(24-25-19)20(27)23-17-5-3-4-16(12-17)21-14(2)26/h3-12H,1-2H3,(H,21,26)(H,22,25)(H,23,27). The Morgan fingerprint density at radius 1 is 0.815 bits per heavy atom. The van der Waals surface area contributed by atoms with E-state index in [1.165, 1.54) is 12.5 Å². The van der Waals surface area contributed by atoms with Crippen molar-refractivity contribution in [2.75, 3.05) is 16.0 Å². The molecule has 0 fully saturated rings. The molecule has 2 amide bonds. The first-order valence-electron chi connectivity index (χ1n) is 8.36. The van der Waals surface area contributed by atoms with E-state index in [1.807, 2.05) is 31.2 Å². The fourth-order valence-corrected chi connectivity index (χ4v) is 2.38. The molecular weight excluding hydrogens is 342 g/mol. The number of nitrogens with one attached hydrogen (secondary N) is 3. The van der Waals surface area contributed by atoms with Crippen molar-refractivity contribution in [2.24, 2.45) is 0 Å². The van der Waals surface area contributed by atoms with Crippen LogP contribution < -0.4 is 16.0 Å². The normalized spacial score (nSPS) is 10.1. The third-order valence-corrected chi connectivity index (χ3v) is 3.66. The van der Waals surface area contributed by atoms with Crippen LogP contribution in [0.25, 0.3) is 0 Å². The van der Waals surface area contributed by atoms with E-state index >= 15 is 0 Å². The summed E-state index contributed by atoms with van der Waals surface area (Å²) in [5, 5.41) is 16.5. The zero-order valence-corrected chi connectivity index (χ0v) is 15.0. The lowest BCUT2D eigenvalue weighted by Gasteiger charge is -2.08. The molecule has 136 valence electrons. The van der Waals surface area contributed by atoms with Crippen molar-refractivity contribution >= 4 is 34.7 Å². The minimum absolute atomic E-state index is 0.180. The number of aromatic nitrogens is 2. The molecule has 7 nitrogen and oxygen atoms in total. The van der Waals surface area contributed by atoms with E-state index in [2.05, 4.69) is 26.1 Å². The predicted octanol–water partition coefficient (Wildman–Crippen LogP) is 3.74. The van der Waals surface area contributed by atoms with E-state index in [0.29, 0.717) is 17.2 Å². The third-order valence-electron chi connectivity index (χ3n) is 3.66. The van der Waals surface area contributed by atoms with Gasteiger partial charge in [0.2, 0.25) is 5.91 Å². The van der Waals surface area contributed by atoms with Crippen LogP contribution in [0.4, 0.5) is 22.9 Å². The highest BCUT2D eigenvalue weighted by Crippen LogP contribution is 2.17. The number of benzene rings is 2. The Morgan fingerprint density at radius 3 is 2.15 bits per heavy atom. The summed E-state index contributed by atoms with van der Waals surface area (Å²) in [6.45, 7) is 3.44. The molecule has 0 saturated heterocycles. The summed E-state index contributed by atoms with van der Waals surface area (Å²) in [5.74, 6) is -0.0200. The molecule has 0 bridgehead atoms. The molecule has 1 aromatic heterocycles. The molecule has 0 saturated carbocycles. The zero-order valence-electron chi connectivity index (χ0n) is 15.0. The van der Waals surface area contributed by atoms with Gasteiger partial charge in [-0.05, 0) is 49.4 Å². The van der Waals surface area contributed by atoms with Crippen molar-refractivity contribution in [3.63, 3.8) is 0 Å². The first-order valence-corrected chi connectivity index (χ1v) is 8.36. The lowest BCUT2D eigenvalue weighted by atomic mass is 10.2. The van der Waals surface area contributed by atoms with Gasteiger partial charge in [-0.15, -0.1) is 10.2 Å². The van der Waals surface area contributed by atoms with E-state index in [4.69, 9.17) is 0 Å². The van der Waals surface area contributed by atoms with Crippen molar-refractivity contribution in [3.05, 3.63) is 71.9 Å². The van der Waals surface area contributed by atoms with E-state index in [-0.39, 0.29) is 17.5 Å². The van der Waals surface area contributed by atoms with Gasteiger partial charge in [-0.25, -0.2) is 0 Å². The second-order valence-corrected chi connectivity index (χ2v) is 6.01. The number of rotatable bonds is 5. The van der Waals surface area contributed by atoms with Crippen molar-refractivity contribution < 1.29 is 9.59 Å². The largest absolute Gasteiger partial charge is 0.339 e. The second kappa shape index (κ2) is 8.09. The fourth-order valence-electron chi connectivity index (χ4n) is 2.38. The first-order chi connectivity index (χ1) is 13.0. The van der Waals surface area contributed by atoms with Gasteiger partial charge in [0.25, 0.3) is 5.91 Å². The fraction of sp³-hybridized carbons (Fsp3) is 0.100. The summed E-state index contributed by atoms with van der Waals surface area (Å²) in [6.07, 6.45) is 0. The highest BCUT2D eigenvalue weighted by molar-refractivity contribution is 6.03. The summed E-state index contributed by atoms with van der Waals surface area (Å²) in [4.78, 5) is 23.5. The van der Waals surface area contributed by atoms with Crippen molar-refractivity contribution in [2.45, 2.75) is 13.8 Å². The summed E-state index contributed by atoms with van der Waals surface area (Å²) < 4.78 is 0. The lowest BCUT2D eigenvalue weighted by Crippen LogP contribution is -2.15. The number of carbonyl (C=O) groups is 2. The average Bonchev–Trinajstić information content (AvgIpc) is 2.64. The molecule has 0 atom stereocenters. The van der Waals surface area contributed by atoms with Gasteiger partial charge in [0.1, 0.15) is 0 Å². The molecule has 0 aliphatic carbocycles. The van der Waals surface area contributed by atoms with Crippen molar-refractivity contribution in [1.82, 2.24) is 10.2 Å². The Kier molecular flexibility index (Phi) is 5.41. The van der Waals surface area contributed by atoms with Crippen LogP contribution in [0.1, 0.15) is 23.0 Å². The maximum Gasteiger partial charge on any atom is 0.276 e. The number of hydrogen-bond donors (Lipinski definition) is 3. The van der Waals surface area contributed by atoms with Crippen LogP contribution in [-0.2, 0) is 4.79 Å². The zero-order chi connectivity index (χ0) is 19.2. The molecule has 3 rings (SSSR count). The first kappa shape index (κ1) is 18.1. The van der Waals surface area contributed by atoms with Crippen LogP contribution in [0, 0.1) is 6.92 Å². The maximum atomic E-state index is 12.3. The van der Waals surface area contributed by atoms with Crippen LogP contribution in [0.2, 0.25) is 0 Å². The van der Waals surface area contributed by atoms with Gasteiger partial charge in [-0.3, -0.25) is 9.59 Å². The average molecular weight is 361 g/mol. The summed E-state index contributed by atoms with van der Waals surface area (Å²) in [5.41, 5.74) is 3.40. The van der Waals surface area contributed by atoms with Crippen LogP contribution in [0.5, 0.6) is 0 Å². The molecule has 1 heterocycles.